The van der Waals surface area contributed by atoms with E-state index < -0.39 is 0 Å². The highest BCUT2D eigenvalue weighted by Gasteiger charge is 2.12. The highest BCUT2D eigenvalue weighted by molar-refractivity contribution is 7.99. The van der Waals surface area contributed by atoms with E-state index in [0.717, 1.165) is 27.9 Å². The molecule has 0 radical (unpaired) electrons. The number of hydrogen-bond acceptors (Lipinski definition) is 5. The van der Waals surface area contributed by atoms with Crippen molar-refractivity contribution >= 4 is 17.5 Å². The molecule has 0 amide bonds. The largest absolute Gasteiger partial charge is 0.496 e. The molecule has 2 aromatic heterocycles. The maximum absolute atomic E-state index is 5.42. The summed E-state index contributed by atoms with van der Waals surface area (Å²) in [6, 6.07) is 9.77. The van der Waals surface area contributed by atoms with Crippen LogP contribution in [0.15, 0.2) is 41.7 Å². The standard InChI is InChI=1S/C14H14N4OS/c1-3-20-14-16-13-15-9-8-11(18(13)17-14)10-6-4-5-7-12(10)19-2/h4-9H,3H2,1-2H3. The van der Waals surface area contributed by atoms with Gasteiger partial charge in [-0.15, -0.1) is 5.10 Å². The molecule has 0 aliphatic rings. The molecule has 0 atom stereocenters. The SMILES string of the molecule is CCSc1nc2nccc(-c3ccccc3OC)n2n1. The molecule has 0 aliphatic heterocycles. The summed E-state index contributed by atoms with van der Waals surface area (Å²) in [5.41, 5.74) is 1.89. The van der Waals surface area contributed by atoms with E-state index in [1.165, 1.54) is 0 Å². The molecule has 1 aromatic carbocycles. The Morgan fingerprint density at radius 2 is 2.10 bits per heavy atom. The van der Waals surface area contributed by atoms with Crippen LogP contribution >= 0.6 is 11.8 Å². The third-order valence-corrected chi connectivity index (χ3v) is 3.60. The Morgan fingerprint density at radius 1 is 1.25 bits per heavy atom. The third-order valence-electron chi connectivity index (χ3n) is 2.88. The maximum Gasteiger partial charge on any atom is 0.253 e. The maximum atomic E-state index is 5.42. The predicted molar refractivity (Wildman–Crippen MR) is 79.2 cm³/mol. The molecule has 0 aliphatic carbocycles. The lowest BCUT2D eigenvalue weighted by Crippen LogP contribution is -1.97. The number of aromatic nitrogens is 4. The van der Waals surface area contributed by atoms with Crippen molar-refractivity contribution in [1.29, 1.82) is 0 Å². The van der Waals surface area contributed by atoms with Crippen LogP contribution in [0, 0.1) is 0 Å². The molecule has 0 bridgehead atoms. The van der Waals surface area contributed by atoms with Crippen LogP contribution in [-0.2, 0) is 0 Å². The van der Waals surface area contributed by atoms with Crippen molar-refractivity contribution in [1.82, 2.24) is 19.6 Å². The van der Waals surface area contributed by atoms with Gasteiger partial charge in [0.1, 0.15) is 5.75 Å². The van der Waals surface area contributed by atoms with Crippen molar-refractivity contribution in [2.75, 3.05) is 12.9 Å². The lowest BCUT2D eigenvalue weighted by Gasteiger charge is -2.08. The summed E-state index contributed by atoms with van der Waals surface area (Å²) in [5.74, 6) is 2.34. The monoisotopic (exact) mass is 286 g/mol. The van der Waals surface area contributed by atoms with Crippen molar-refractivity contribution in [2.24, 2.45) is 0 Å². The van der Waals surface area contributed by atoms with Crippen LogP contribution in [0.4, 0.5) is 0 Å². The van der Waals surface area contributed by atoms with E-state index in [9.17, 15) is 0 Å². The Morgan fingerprint density at radius 3 is 2.90 bits per heavy atom. The Hall–Kier alpha value is -2.08. The van der Waals surface area contributed by atoms with Crippen LogP contribution < -0.4 is 4.74 Å². The molecule has 2 heterocycles. The van der Waals surface area contributed by atoms with Crippen LogP contribution in [-0.4, -0.2) is 32.4 Å². The van der Waals surface area contributed by atoms with Gasteiger partial charge in [0.05, 0.1) is 12.8 Å². The molecular weight excluding hydrogens is 272 g/mol. The fraction of sp³-hybridized carbons (Fsp3) is 0.214. The van der Waals surface area contributed by atoms with Gasteiger partial charge >= 0.3 is 0 Å². The van der Waals surface area contributed by atoms with Crippen LogP contribution in [0.1, 0.15) is 6.92 Å². The van der Waals surface area contributed by atoms with E-state index in [1.54, 1.807) is 29.6 Å². The summed E-state index contributed by atoms with van der Waals surface area (Å²) >= 11 is 1.60. The highest BCUT2D eigenvalue weighted by Crippen LogP contribution is 2.29. The van der Waals surface area contributed by atoms with Gasteiger partial charge in [-0.05, 0) is 24.0 Å². The van der Waals surface area contributed by atoms with E-state index in [1.807, 2.05) is 30.3 Å². The smallest absolute Gasteiger partial charge is 0.253 e. The molecule has 0 saturated heterocycles. The lowest BCUT2D eigenvalue weighted by atomic mass is 10.1. The zero-order valence-electron chi connectivity index (χ0n) is 11.3. The molecule has 5 nitrogen and oxygen atoms in total. The number of benzene rings is 1. The number of thioether (sulfide) groups is 1. The van der Waals surface area contributed by atoms with Gasteiger partial charge in [0.2, 0.25) is 5.16 Å². The molecule has 3 rings (SSSR count). The summed E-state index contributed by atoms with van der Waals surface area (Å²) < 4.78 is 7.18. The van der Waals surface area contributed by atoms with Crippen LogP contribution in [0.5, 0.6) is 5.75 Å². The molecule has 20 heavy (non-hydrogen) atoms. The second-order valence-electron chi connectivity index (χ2n) is 4.07. The lowest BCUT2D eigenvalue weighted by molar-refractivity contribution is 0.416. The topological polar surface area (TPSA) is 52.3 Å². The zero-order chi connectivity index (χ0) is 13.9. The first-order valence-electron chi connectivity index (χ1n) is 6.31. The second-order valence-corrected chi connectivity index (χ2v) is 5.30. The second kappa shape index (κ2) is 5.50. The van der Waals surface area contributed by atoms with Gasteiger partial charge in [-0.1, -0.05) is 30.8 Å². The Bertz CT molecular complexity index is 741. The van der Waals surface area contributed by atoms with E-state index in [0.29, 0.717) is 5.78 Å². The molecule has 0 unspecified atom stereocenters. The third kappa shape index (κ3) is 2.22. The molecule has 102 valence electrons. The van der Waals surface area contributed by atoms with Gasteiger partial charge in [0.25, 0.3) is 5.78 Å². The minimum Gasteiger partial charge on any atom is -0.496 e. The van der Waals surface area contributed by atoms with Crippen molar-refractivity contribution in [2.45, 2.75) is 12.1 Å². The fourth-order valence-corrected chi connectivity index (χ4v) is 2.57. The molecule has 0 saturated carbocycles. The van der Waals surface area contributed by atoms with E-state index in [-0.39, 0.29) is 0 Å². The van der Waals surface area contributed by atoms with Crippen molar-refractivity contribution < 1.29 is 4.74 Å². The summed E-state index contributed by atoms with van der Waals surface area (Å²) in [6.45, 7) is 2.07. The Kier molecular flexibility index (Phi) is 3.56. The van der Waals surface area contributed by atoms with Gasteiger partial charge in [0, 0.05) is 11.8 Å². The summed E-state index contributed by atoms with van der Waals surface area (Å²) in [4.78, 5) is 8.67. The van der Waals surface area contributed by atoms with Crippen molar-refractivity contribution in [3.8, 4) is 17.0 Å². The number of methoxy groups -OCH3 is 1. The Labute approximate surface area is 121 Å². The first-order valence-corrected chi connectivity index (χ1v) is 7.30. The number of para-hydroxylation sites is 1. The molecule has 0 N–H and O–H groups in total. The number of rotatable bonds is 4. The van der Waals surface area contributed by atoms with Crippen molar-refractivity contribution in [3.63, 3.8) is 0 Å². The van der Waals surface area contributed by atoms with Crippen LogP contribution in [0.25, 0.3) is 17.0 Å². The minimum absolute atomic E-state index is 0.601. The van der Waals surface area contributed by atoms with Gasteiger partial charge in [0.15, 0.2) is 0 Å². The van der Waals surface area contributed by atoms with Gasteiger partial charge in [-0.25, -0.2) is 4.98 Å². The number of ether oxygens (including phenoxy) is 1. The summed E-state index contributed by atoms with van der Waals surface area (Å²) in [6.07, 6.45) is 1.74. The average molecular weight is 286 g/mol. The Balaban J connectivity index is 2.20. The first kappa shape index (κ1) is 12.9. The number of hydrogen-bond donors (Lipinski definition) is 0. The van der Waals surface area contributed by atoms with Crippen molar-refractivity contribution in [3.05, 3.63) is 36.5 Å². The zero-order valence-corrected chi connectivity index (χ0v) is 12.1. The molecular formula is C14H14N4OS. The van der Waals surface area contributed by atoms with Gasteiger partial charge in [-0.3, -0.25) is 0 Å². The molecule has 0 spiro atoms. The van der Waals surface area contributed by atoms with Crippen LogP contribution in [0.3, 0.4) is 0 Å². The average Bonchev–Trinajstić information content (AvgIpc) is 2.90. The fourth-order valence-electron chi connectivity index (χ4n) is 2.03. The summed E-state index contributed by atoms with van der Waals surface area (Å²) in [5, 5.41) is 5.24. The van der Waals surface area contributed by atoms with Gasteiger partial charge in [-0.2, -0.15) is 9.50 Å². The minimum atomic E-state index is 0.601. The van der Waals surface area contributed by atoms with Crippen LogP contribution in [0.2, 0.25) is 0 Å². The quantitative estimate of drug-likeness (QED) is 0.690. The van der Waals surface area contributed by atoms with E-state index in [2.05, 4.69) is 22.0 Å². The number of fused-ring (bicyclic) bond motifs is 1. The molecule has 6 heteroatoms. The van der Waals surface area contributed by atoms with E-state index >= 15 is 0 Å². The van der Waals surface area contributed by atoms with Gasteiger partial charge < -0.3 is 4.74 Å². The predicted octanol–water partition coefficient (Wildman–Crippen LogP) is 2.91. The first-order chi connectivity index (χ1) is 9.83. The molecule has 3 aromatic rings. The highest BCUT2D eigenvalue weighted by atomic mass is 32.2. The number of nitrogens with zero attached hydrogens (tertiary/aromatic N) is 4. The summed E-state index contributed by atoms with van der Waals surface area (Å²) in [7, 11) is 1.66. The normalized spacial score (nSPS) is 10.9. The van der Waals surface area contributed by atoms with E-state index in [4.69, 9.17) is 4.74 Å². The molecule has 0 fully saturated rings.